The van der Waals surface area contributed by atoms with E-state index in [4.69, 9.17) is 15.8 Å². The Labute approximate surface area is 102 Å². The molecule has 0 radical (unpaired) electrons. The zero-order valence-corrected chi connectivity index (χ0v) is 10.8. The van der Waals surface area contributed by atoms with Crippen molar-refractivity contribution in [3.05, 3.63) is 24.3 Å². The Morgan fingerprint density at radius 1 is 0.833 bits per heavy atom. The average molecular weight is 298 g/mol. The van der Waals surface area contributed by atoms with Crippen molar-refractivity contribution in [2.24, 2.45) is 0 Å². The fourth-order valence-electron chi connectivity index (χ4n) is 1.11. The first-order chi connectivity index (χ1) is 8.45. The van der Waals surface area contributed by atoms with E-state index in [0.717, 1.165) is 32.3 Å². The highest BCUT2D eigenvalue weighted by atomic mass is 31.2. The Kier molecular flexibility index (Phi) is 5.24. The van der Waals surface area contributed by atoms with Crippen LogP contribution in [0, 0.1) is 0 Å². The van der Waals surface area contributed by atoms with Crippen LogP contribution in [-0.2, 0) is 27.6 Å². The summed E-state index contributed by atoms with van der Waals surface area (Å²) >= 11 is 0. The molecule has 18 heavy (non-hydrogen) atoms. The SMILES string of the molecule is BOP(=O)(OO)c1ccc(P(=O)(OO)OO)cc1. The lowest BCUT2D eigenvalue weighted by Crippen LogP contribution is -2.14. The third-order valence-electron chi connectivity index (χ3n) is 2.04. The van der Waals surface area contributed by atoms with Crippen LogP contribution in [0.2, 0.25) is 0 Å². The minimum absolute atomic E-state index is 0.0429. The Hall–Kier alpha value is -0.535. The maximum absolute atomic E-state index is 11.7. The van der Waals surface area contributed by atoms with E-state index in [1.807, 2.05) is 0 Å². The van der Waals surface area contributed by atoms with Gasteiger partial charge < -0.3 is 4.44 Å². The molecule has 1 aromatic carbocycles. The molecule has 0 aliphatic heterocycles. The molecular weight excluding hydrogens is 289 g/mol. The molecule has 100 valence electrons. The van der Waals surface area contributed by atoms with Gasteiger partial charge in [-0.1, -0.05) is 0 Å². The molecule has 0 aromatic heterocycles. The van der Waals surface area contributed by atoms with Gasteiger partial charge in [-0.25, -0.2) is 20.3 Å². The highest BCUT2D eigenvalue weighted by Gasteiger charge is 2.31. The molecule has 12 heteroatoms. The molecule has 0 aliphatic rings. The summed E-state index contributed by atoms with van der Waals surface area (Å²) < 4.78 is 38.6. The second kappa shape index (κ2) is 6.07. The van der Waals surface area contributed by atoms with Gasteiger partial charge in [0.1, 0.15) is 0 Å². The number of hydrogen-bond donors (Lipinski definition) is 3. The molecule has 0 amide bonds. The Morgan fingerprint density at radius 2 is 1.17 bits per heavy atom. The highest BCUT2D eigenvalue weighted by Crippen LogP contribution is 2.47. The average Bonchev–Trinajstić information content (AvgIpc) is 2.45. The molecule has 1 atom stereocenters. The molecule has 0 spiro atoms. The van der Waals surface area contributed by atoms with Gasteiger partial charge in [0.15, 0.2) is 0 Å². The van der Waals surface area contributed by atoms with E-state index in [1.165, 1.54) is 0 Å². The van der Waals surface area contributed by atoms with Crippen LogP contribution in [0.3, 0.4) is 0 Å². The fourth-order valence-corrected chi connectivity index (χ4v) is 2.73. The summed E-state index contributed by atoms with van der Waals surface area (Å²) in [5, 5.41) is 25.0. The summed E-state index contributed by atoms with van der Waals surface area (Å²) in [6.45, 7) is 0. The minimum Gasteiger partial charge on any atom is -0.374 e. The molecule has 1 rings (SSSR count). The van der Waals surface area contributed by atoms with Crippen LogP contribution in [0.15, 0.2) is 24.3 Å². The van der Waals surface area contributed by atoms with Crippen molar-refractivity contribution < 1.29 is 43.4 Å². The maximum Gasteiger partial charge on any atom is 0.414 e. The van der Waals surface area contributed by atoms with Gasteiger partial charge >= 0.3 is 15.2 Å². The Balaban J connectivity index is 3.15. The third-order valence-corrected chi connectivity index (χ3v) is 5.03. The summed E-state index contributed by atoms with van der Waals surface area (Å²) in [5.74, 6) is 0. The van der Waals surface area contributed by atoms with Crippen LogP contribution < -0.4 is 10.6 Å². The van der Waals surface area contributed by atoms with Gasteiger partial charge in [-0.15, -0.1) is 14.0 Å². The molecule has 0 bridgehead atoms. The molecule has 0 heterocycles. The fraction of sp³-hybridized carbons (Fsp3) is 0. The highest BCUT2D eigenvalue weighted by molar-refractivity contribution is 7.63. The molecule has 0 aliphatic carbocycles. The van der Waals surface area contributed by atoms with E-state index in [2.05, 4.69) is 18.5 Å². The lowest BCUT2D eigenvalue weighted by molar-refractivity contribution is -0.204. The van der Waals surface area contributed by atoms with Crippen molar-refractivity contribution in [1.29, 1.82) is 0 Å². The predicted octanol–water partition coefficient (Wildman–Crippen LogP) is 0.357. The minimum atomic E-state index is -4.25. The van der Waals surface area contributed by atoms with E-state index in [0.29, 0.717) is 0 Å². The third kappa shape index (κ3) is 2.89. The summed E-state index contributed by atoms with van der Waals surface area (Å²) in [6, 6.07) is 4.40. The van der Waals surface area contributed by atoms with Gasteiger partial charge in [0, 0.05) is 0 Å². The van der Waals surface area contributed by atoms with Crippen LogP contribution in [-0.4, -0.2) is 23.8 Å². The second-order valence-electron chi connectivity index (χ2n) is 2.94. The second-order valence-corrected chi connectivity index (χ2v) is 6.82. The van der Waals surface area contributed by atoms with Crippen molar-refractivity contribution in [2.45, 2.75) is 0 Å². The normalized spacial score (nSPS) is 15.3. The van der Waals surface area contributed by atoms with E-state index in [1.54, 1.807) is 0 Å². The van der Waals surface area contributed by atoms with Gasteiger partial charge in [0.2, 0.25) is 0 Å². The molecule has 9 nitrogen and oxygen atoms in total. The zero-order valence-electron chi connectivity index (χ0n) is 8.99. The molecular formula is C6H9BO9P2. The van der Waals surface area contributed by atoms with Gasteiger partial charge in [-0.05, 0) is 24.3 Å². The maximum atomic E-state index is 11.7. The quantitative estimate of drug-likeness (QED) is 0.294. The van der Waals surface area contributed by atoms with Crippen molar-refractivity contribution in [3.63, 3.8) is 0 Å². The molecule has 3 N–H and O–H groups in total. The number of rotatable bonds is 6. The van der Waals surface area contributed by atoms with Gasteiger partial charge in [0.05, 0.1) is 10.6 Å². The Bertz CT molecular complexity index is 427. The standard InChI is InChI=1S/C6H9BO9P2/c7-13-17(11,14-8)5-1-3-6(4-2-5)18(12,15-9)16-10/h1-4,8-10H,7H2. The number of benzene rings is 1. The Morgan fingerprint density at radius 3 is 1.44 bits per heavy atom. The van der Waals surface area contributed by atoms with Crippen LogP contribution in [0.1, 0.15) is 0 Å². The van der Waals surface area contributed by atoms with Crippen molar-refractivity contribution in [3.8, 4) is 0 Å². The lowest BCUT2D eigenvalue weighted by Gasteiger charge is -2.14. The predicted molar refractivity (Wildman–Crippen MR) is 61.7 cm³/mol. The van der Waals surface area contributed by atoms with Crippen LogP contribution in [0.5, 0.6) is 0 Å². The van der Waals surface area contributed by atoms with Crippen molar-refractivity contribution in [1.82, 2.24) is 0 Å². The summed E-state index contributed by atoms with van der Waals surface area (Å²) in [5.41, 5.74) is 0. The molecule has 0 saturated heterocycles. The van der Waals surface area contributed by atoms with Crippen molar-refractivity contribution >= 4 is 33.8 Å². The number of hydrogen-bond acceptors (Lipinski definition) is 9. The van der Waals surface area contributed by atoms with Crippen molar-refractivity contribution in [2.75, 3.05) is 0 Å². The first kappa shape index (κ1) is 15.5. The van der Waals surface area contributed by atoms with E-state index in [-0.39, 0.29) is 10.6 Å². The van der Waals surface area contributed by atoms with E-state index >= 15 is 0 Å². The van der Waals surface area contributed by atoms with Gasteiger partial charge in [0.25, 0.3) is 8.05 Å². The summed E-state index contributed by atoms with van der Waals surface area (Å²) in [6.07, 6.45) is 0. The molecule has 0 saturated carbocycles. The summed E-state index contributed by atoms with van der Waals surface area (Å²) in [4.78, 5) is 0. The van der Waals surface area contributed by atoms with Gasteiger partial charge in [-0.2, -0.15) is 0 Å². The topological polar surface area (TPSA) is 132 Å². The van der Waals surface area contributed by atoms with Crippen LogP contribution >= 0.6 is 15.2 Å². The summed E-state index contributed by atoms with van der Waals surface area (Å²) in [7, 11) is -7.05. The monoisotopic (exact) mass is 298 g/mol. The van der Waals surface area contributed by atoms with Crippen LogP contribution in [0.4, 0.5) is 0 Å². The molecule has 1 unspecified atom stereocenters. The molecule has 1 aromatic rings. The zero-order chi connectivity index (χ0) is 13.8. The lowest BCUT2D eigenvalue weighted by atomic mass is 10.4. The van der Waals surface area contributed by atoms with E-state index < -0.39 is 15.2 Å². The van der Waals surface area contributed by atoms with Gasteiger partial charge in [-0.3, -0.25) is 4.57 Å². The van der Waals surface area contributed by atoms with Crippen LogP contribution in [0.25, 0.3) is 0 Å². The first-order valence-corrected chi connectivity index (χ1v) is 7.41. The largest absolute Gasteiger partial charge is 0.414 e. The smallest absolute Gasteiger partial charge is 0.374 e. The molecule has 0 fully saturated rings. The van der Waals surface area contributed by atoms with E-state index in [9.17, 15) is 9.13 Å². The first-order valence-electron chi connectivity index (χ1n) is 4.32.